The van der Waals surface area contributed by atoms with E-state index in [0.29, 0.717) is 0 Å². The Bertz CT molecular complexity index is 572. The summed E-state index contributed by atoms with van der Waals surface area (Å²) in [6.07, 6.45) is 2.33. The predicted molar refractivity (Wildman–Crippen MR) is 72.3 cm³/mol. The van der Waals surface area contributed by atoms with Crippen molar-refractivity contribution < 1.29 is 0 Å². The highest BCUT2D eigenvalue weighted by atomic mass is 79.9. The summed E-state index contributed by atoms with van der Waals surface area (Å²) in [4.78, 5) is 4.54. The topological polar surface area (TPSA) is 12.4 Å². The quantitative estimate of drug-likeness (QED) is 0.739. The van der Waals surface area contributed by atoms with Crippen molar-refractivity contribution >= 4 is 32.4 Å². The molecule has 2 aromatic carbocycles. The molecular weight excluding hydrogens is 262 g/mol. The standard InChI is InChI=1S/C14H12BrN/c15-13-6-5-10-8-12(4-3-11(10)9-13)14-2-1-7-16-14/h3-6,8-9H,1-2,7H2. The Balaban J connectivity index is 2.12. The Labute approximate surface area is 103 Å². The second kappa shape index (κ2) is 4.02. The van der Waals surface area contributed by atoms with Crippen LogP contribution in [0.5, 0.6) is 0 Å². The molecule has 1 nitrogen and oxygen atoms in total. The van der Waals surface area contributed by atoms with Crippen LogP contribution < -0.4 is 0 Å². The molecule has 3 rings (SSSR count). The third-order valence-electron chi connectivity index (χ3n) is 3.01. The van der Waals surface area contributed by atoms with Crippen LogP contribution in [0, 0.1) is 0 Å². The maximum Gasteiger partial charge on any atom is 0.0421 e. The van der Waals surface area contributed by atoms with Gasteiger partial charge < -0.3 is 0 Å². The number of fused-ring (bicyclic) bond motifs is 1. The average molecular weight is 274 g/mol. The number of halogens is 1. The van der Waals surface area contributed by atoms with Gasteiger partial charge in [-0.05, 0) is 47.4 Å². The van der Waals surface area contributed by atoms with E-state index in [0.717, 1.165) is 17.4 Å². The number of hydrogen-bond acceptors (Lipinski definition) is 1. The minimum atomic E-state index is 0.994. The molecule has 1 aliphatic heterocycles. The number of rotatable bonds is 1. The molecule has 0 amide bonds. The smallest absolute Gasteiger partial charge is 0.0421 e. The zero-order valence-electron chi connectivity index (χ0n) is 8.91. The fourth-order valence-corrected chi connectivity index (χ4v) is 2.55. The lowest BCUT2D eigenvalue weighted by molar-refractivity contribution is 0.951. The van der Waals surface area contributed by atoms with E-state index in [4.69, 9.17) is 0 Å². The Morgan fingerprint density at radius 2 is 1.81 bits per heavy atom. The van der Waals surface area contributed by atoms with Gasteiger partial charge in [-0.1, -0.05) is 34.1 Å². The molecule has 0 radical (unpaired) electrons. The van der Waals surface area contributed by atoms with E-state index in [2.05, 4.69) is 57.3 Å². The van der Waals surface area contributed by atoms with Crippen LogP contribution in [0.25, 0.3) is 10.8 Å². The SMILES string of the molecule is Brc1ccc2cc(C3=NCCC3)ccc2c1. The van der Waals surface area contributed by atoms with Crippen LogP contribution in [-0.4, -0.2) is 12.3 Å². The molecule has 0 fully saturated rings. The van der Waals surface area contributed by atoms with Gasteiger partial charge in [-0.15, -0.1) is 0 Å². The van der Waals surface area contributed by atoms with Gasteiger partial charge in [0, 0.05) is 16.7 Å². The lowest BCUT2D eigenvalue weighted by Gasteiger charge is -2.03. The van der Waals surface area contributed by atoms with Gasteiger partial charge in [-0.25, -0.2) is 0 Å². The number of benzene rings is 2. The minimum absolute atomic E-state index is 0.994. The fraction of sp³-hybridized carbons (Fsp3) is 0.214. The van der Waals surface area contributed by atoms with Crippen molar-refractivity contribution in [2.24, 2.45) is 4.99 Å². The molecule has 0 spiro atoms. The van der Waals surface area contributed by atoms with Gasteiger partial charge in [0.1, 0.15) is 0 Å². The van der Waals surface area contributed by atoms with E-state index >= 15 is 0 Å². The lowest BCUT2D eigenvalue weighted by Crippen LogP contribution is -1.95. The van der Waals surface area contributed by atoms with E-state index in [-0.39, 0.29) is 0 Å². The van der Waals surface area contributed by atoms with Crippen molar-refractivity contribution in [3.63, 3.8) is 0 Å². The molecule has 0 N–H and O–H groups in total. The first-order chi connectivity index (χ1) is 7.83. The van der Waals surface area contributed by atoms with Gasteiger partial charge in [0.05, 0.1) is 0 Å². The minimum Gasteiger partial charge on any atom is -0.289 e. The van der Waals surface area contributed by atoms with Crippen LogP contribution in [0.15, 0.2) is 45.9 Å². The van der Waals surface area contributed by atoms with Crippen LogP contribution >= 0.6 is 15.9 Å². The van der Waals surface area contributed by atoms with E-state index in [1.807, 2.05) is 0 Å². The molecular formula is C14H12BrN. The molecule has 80 valence electrons. The molecule has 16 heavy (non-hydrogen) atoms. The van der Waals surface area contributed by atoms with Crippen LogP contribution in [0.4, 0.5) is 0 Å². The highest BCUT2D eigenvalue weighted by molar-refractivity contribution is 9.10. The third-order valence-corrected chi connectivity index (χ3v) is 3.50. The van der Waals surface area contributed by atoms with Gasteiger partial charge in [0.15, 0.2) is 0 Å². The molecule has 0 saturated heterocycles. The Morgan fingerprint density at radius 3 is 2.62 bits per heavy atom. The second-order valence-electron chi connectivity index (χ2n) is 4.14. The summed E-state index contributed by atoms with van der Waals surface area (Å²) in [6, 6.07) is 13.0. The van der Waals surface area contributed by atoms with Crippen molar-refractivity contribution in [2.75, 3.05) is 6.54 Å². The molecule has 2 heteroatoms. The van der Waals surface area contributed by atoms with Crippen LogP contribution in [0.1, 0.15) is 18.4 Å². The highest BCUT2D eigenvalue weighted by Gasteiger charge is 2.09. The maximum absolute atomic E-state index is 4.54. The normalized spacial score (nSPS) is 15.4. The number of nitrogens with zero attached hydrogens (tertiary/aromatic N) is 1. The van der Waals surface area contributed by atoms with Crippen LogP contribution in [0.3, 0.4) is 0 Å². The van der Waals surface area contributed by atoms with Crippen molar-refractivity contribution in [2.45, 2.75) is 12.8 Å². The monoisotopic (exact) mass is 273 g/mol. The first kappa shape index (κ1) is 10.0. The van der Waals surface area contributed by atoms with Crippen molar-refractivity contribution in [1.82, 2.24) is 0 Å². The Morgan fingerprint density at radius 1 is 1.00 bits per heavy atom. The second-order valence-corrected chi connectivity index (χ2v) is 5.05. The Kier molecular flexibility index (Phi) is 2.52. The molecule has 1 heterocycles. The molecule has 2 aromatic rings. The molecule has 0 bridgehead atoms. The third kappa shape index (κ3) is 1.78. The summed E-state index contributed by atoms with van der Waals surface area (Å²) in [7, 11) is 0. The van der Waals surface area contributed by atoms with Crippen molar-refractivity contribution in [1.29, 1.82) is 0 Å². The van der Waals surface area contributed by atoms with Gasteiger partial charge in [0.25, 0.3) is 0 Å². The van der Waals surface area contributed by atoms with Gasteiger partial charge in [-0.2, -0.15) is 0 Å². The lowest BCUT2D eigenvalue weighted by atomic mass is 10.0. The van der Waals surface area contributed by atoms with E-state index in [1.54, 1.807) is 0 Å². The predicted octanol–water partition coefficient (Wildman–Crippen LogP) is 4.19. The summed E-state index contributed by atoms with van der Waals surface area (Å²) in [6.45, 7) is 0.994. The van der Waals surface area contributed by atoms with E-state index in [1.165, 1.54) is 28.5 Å². The summed E-state index contributed by atoms with van der Waals surface area (Å²) < 4.78 is 1.13. The van der Waals surface area contributed by atoms with Gasteiger partial charge in [-0.3, -0.25) is 4.99 Å². The largest absolute Gasteiger partial charge is 0.289 e. The molecule has 1 aliphatic rings. The summed E-state index contributed by atoms with van der Waals surface area (Å²) >= 11 is 3.49. The summed E-state index contributed by atoms with van der Waals surface area (Å²) in [5, 5.41) is 2.56. The van der Waals surface area contributed by atoms with Crippen LogP contribution in [-0.2, 0) is 0 Å². The Hall–Kier alpha value is -1.15. The zero-order valence-corrected chi connectivity index (χ0v) is 10.5. The van der Waals surface area contributed by atoms with E-state index < -0.39 is 0 Å². The highest BCUT2D eigenvalue weighted by Crippen LogP contribution is 2.22. The van der Waals surface area contributed by atoms with Crippen LogP contribution in [0.2, 0.25) is 0 Å². The first-order valence-corrected chi connectivity index (χ1v) is 6.35. The van der Waals surface area contributed by atoms with Gasteiger partial charge in [0.2, 0.25) is 0 Å². The van der Waals surface area contributed by atoms with Crippen molar-refractivity contribution in [3.05, 3.63) is 46.4 Å². The summed E-state index contributed by atoms with van der Waals surface area (Å²) in [5.41, 5.74) is 2.55. The maximum atomic E-state index is 4.54. The molecule has 0 aliphatic carbocycles. The molecule has 0 saturated carbocycles. The van der Waals surface area contributed by atoms with Gasteiger partial charge >= 0.3 is 0 Å². The molecule has 0 unspecified atom stereocenters. The summed E-state index contributed by atoms with van der Waals surface area (Å²) in [5.74, 6) is 0. The molecule has 0 atom stereocenters. The van der Waals surface area contributed by atoms with Crippen molar-refractivity contribution in [3.8, 4) is 0 Å². The first-order valence-electron chi connectivity index (χ1n) is 5.56. The number of hydrogen-bond donors (Lipinski definition) is 0. The zero-order chi connectivity index (χ0) is 11.0. The fourth-order valence-electron chi connectivity index (χ4n) is 2.17. The van der Waals surface area contributed by atoms with E-state index in [9.17, 15) is 0 Å². The molecule has 0 aromatic heterocycles. The number of aliphatic imine (C=N–C) groups is 1. The average Bonchev–Trinajstić information content (AvgIpc) is 2.82.